The Hall–Kier alpha value is -2.10. The van der Waals surface area contributed by atoms with Crippen molar-refractivity contribution in [3.8, 4) is 5.75 Å². The van der Waals surface area contributed by atoms with Gasteiger partial charge in [-0.15, -0.1) is 0 Å². The number of methoxy groups -OCH3 is 1. The lowest BCUT2D eigenvalue weighted by Crippen LogP contribution is -2.08. The number of unbranched alkanes of at least 4 members (excludes halogenated alkanes) is 2. The summed E-state index contributed by atoms with van der Waals surface area (Å²) in [6.07, 6.45) is 10.8. The molecule has 0 saturated carbocycles. The van der Waals surface area contributed by atoms with Gasteiger partial charge in [0.15, 0.2) is 0 Å². The van der Waals surface area contributed by atoms with Gasteiger partial charge in [-0.2, -0.15) is 0 Å². The van der Waals surface area contributed by atoms with Crippen molar-refractivity contribution in [3.05, 3.63) is 46.4 Å². The number of rotatable bonds is 12. The van der Waals surface area contributed by atoms with E-state index in [-0.39, 0.29) is 0 Å². The summed E-state index contributed by atoms with van der Waals surface area (Å²) in [7, 11) is 1.78. The summed E-state index contributed by atoms with van der Waals surface area (Å²) in [6, 6.07) is 4.60. The minimum Gasteiger partial charge on any atom is -0.496 e. The first-order chi connectivity index (χ1) is 13.6. The van der Waals surface area contributed by atoms with Gasteiger partial charge in [0.25, 0.3) is 0 Å². The molecule has 0 bridgehead atoms. The predicted molar refractivity (Wildman–Crippen MR) is 119 cm³/mol. The van der Waals surface area contributed by atoms with E-state index < -0.39 is 0 Å². The third kappa shape index (κ3) is 6.22. The third-order valence-corrected chi connectivity index (χ3v) is 5.28. The zero-order chi connectivity index (χ0) is 20.4. The maximum atomic E-state index is 5.64. The molecule has 2 aromatic rings. The second-order valence-corrected chi connectivity index (χ2v) is 7.42. The molecule has 0 atom stereocenters. The van der Waals surface area contributed by atoms with Gasteiger partial charge >= 0.3 is 0 Å². The minimum absolute atomic E-state index is 0.831. The first kappa shape index (κ1) is 22.2. The summed E-state index contributed by atoms with van der Waals surface area (Å²) in [6.45, 7) is 9.56. The lowest BCUT2D eigenvalue weighted by atomic mass is 9.96. The quantitative estimate of drug-likeness (QED) is 0.478. The minimum atomic E-state index is 0.831. The molecule has 0 fully saturated rings. The number of hydrogen-bond donors (Lipinski definition) is 1. The summed E-state index contributed by atoms with van der Waals surface area (Å²) >= 11 is 0. The van der Waals surface area contributed by atoms with Crippen molar-refractivity contribution in [1.82, 2.24) is 9.97 Å². The van der Waals surface area contributed by atoms with Gasteiger partial charge in [-0.1, -0.05) is 33.3 Å². The molecule has 0 amide bonds. The smallest absolute Gasteiger partial charge is 0.132 e. The fraction of sp³-hybridized carbons (Fsp3) is 0.583. The van der Waals surface area contributed by atoms with Gasteiger partial charge in [0.05, 0.1) is 7.11 Å². The van der Waals surface area contributed by atoms with Crippen molar-refractivity contribution in [1.29, 1.82) is 0 Å². The number of nitrogens with one attached hydrogen (secondary N) is 1. The van der Waals surface area contributed by atoms with Crippen LogP contribution in [0, 0.1) is 6.92 Å². The Kier molecular flexibility index (Phi) is 9.26. The summed E-state index contributed by atoms with van der Waals surface area (Å²) < 4.78 is 5.64. The average Bonchev–Trinajstić information content (AvgIpc) is 2.71. The molecule has 2 rings (SSSR count). The van der Waals surface area contributed by atoms with E-state index in [1.807, 2.05) is 13.1 Å². The Labute approximate surface area is 171 Å². The number of benzene rings is 1. The van der Waals surface area contributed by atoms with Gasteiger partial charge in [0.2, 0.25) is 0 Å². The summed E-state index contributed by atoms with van der Waals surface area (Å²) in [5.41, 5.74) is 5.39. The molecule has 28 heavy (non-hydrogen) atoms. The fourth-order valence-electron chi connectivity index (χ4n) is 3.67. The average molecular weight is 384 g/mol. The summed E-state index contributed by atoms with van der Waals surface area (Å²) in [5, 5.41) is 3.49. The molecule has 1 aromatic heterocycles. The number of anilines is 1. The molecule has 0 spiro atoms. The molecule has 0 aliphatic heterocycles. The number of aryl methyl sites for hydroxylation is 4. The van der Waals surface area contributed by atoms with Gasteiger partial charge in [0.1, 0.15) is 17.4 Å². The Morgan fingerprint density at radius 2 is 1.75 bits per heavy atom. The Morgan fingerprint density at radius 1 is 0.964 bits per heavy atom. The van der Waals surface area contributed by atoms with Crippen LogP contribution in [-0.4, -0.2) is 23.6 Å². The fourth-order valence-corrected chi connectivity index (χ4v) is 3.67. The highest BCUT2D eigenvalue weighted by Gasteiger charge is 2.10. The zero-order valence-electron chi connectivity index (χ0n) is 18.4. The summed E-state index contributed by atoms with van der Waals surface area (Å²) in [4.78, 5) is 9.01. The van der Waals surface area contributed by atoms with E-state index in [1.165, 1.54) is 28.7 Å². The second kappa shape index (κ2) is 11.7. The SMILES string of the molecule is CCCCNc1nc(C)ncc1CCCCc1cc(CC)c(CC)c(OC)c1. The number of hydrogen-bond acceptors (Lipinski definition) is 4. The van der Waals surface area contributed by atoms with Crippen LogP contribution >= 0.6 is 0 Å². The van der Waals surface area contributed by atoms with Crippen LogP contribution in [0.1, 0.15) is 74.5 Å². The highest BCUT2D eigenvalue weighted by molar-refractivity contribution is 5.44. The number of ether oxygens (including phenoxy) is 1. The highest BCUT2D eigenvalue weighted by Crippen LogP contribution is 2.27. The largest absolute Gasteiger partial charge is 0.496 e. The maximum Gasteiger partial charge on any atom is 0.132 e. The standard InChI is InChI=1S/C24H37N3O/c1-6-9-14-25-24-21(17-26-18(4)27-24)13-11-10-12-19-15-20(7-2)22(8-3)23(16-19)28-5/h15-17H,6-14H2,1-5H3,(H,25,26,27). The number of aromatic nitrogens is 2. The van der Waals surface area contributed by atoms with Crippen molar-refractivity contribution in [3.63, 3.8) is 0 Å². The lowest BCUT2D eigenvalue weighted by molar-refractivity contribution is 0.408. The van der Waals surface area contributed by atoms with Crippen LogP contribution in [0.15, 0.2) is 18.3 Å². The molecule has 4 heteroatoms. The Bertz CT molecular complexity index is 718. The normalized spacial score (nSPS) is 10.9. The van der Waals surface area contributed by atoms with E-state index in [0.29, 0.717) is 0 Å². The molecule has 0 aliphatic carbocycles. The first-order valence-corrected chi connectivity index (χ1v) is 10.9. The second-order valence-electron chi connectivity index (χ2n) is 7.42. The van der Waals surface area contributed by atoms with Crippen molar-refractivity contribution < 1.29 is 4.74 Å². The van der Waals surface area contributed by atoms with E-state index in [4.69, 9.17) is 4.74 Å². The lowest BCUT2D eigenvalue weighted by Gasteiger charge is -2.15. The van der Waals surface area contributed by atoms with E-state index in [1.54, 1.807) is 7.11 Å². The molecular formula is C24H37N3O. The number of nitrogens with zero attached hydrogens (tertiary/aromatic N) is 2. The van der Waals surface area contributed by atoms with Crippen molar-refractivity contribution in [2.24, 2.45) is 0 Å². The molecular weight excluding hydrogens is 346 g/mol. The Balaban J connectivity index is 1.96. The van der Waals surface area contributed by atoms with E-state index in [0.717, 1.165) is 68.9 Å². The van der Waals surface area contributed by atoms with Crippen LogP contribution in [0.2, 0.25) is 0 Å². The van der Waals surface area contributed by atoms with Gasteiger partial charge in [-0.25, -0.2) is 9.97 Å². The van der Waals surface area contributed by atoms with Crippen LogP contribution in [0.5, 0.6) is 5.75 Å². The molecule has 4 nitrogen and oxygen atoms in total. The Morgan fingerprint density at radius 3 is 2.43 bits per heavy atom. The molecule has 0 unspecified atom stereocenters. The molecule has 154 valence electrons. The molecule has 1 aromatic carbocycles. The molecule has 1 heterocycles. The van der Waals surface area contributed by atoms with Crippen LogP contribution in [0.3, 0.4) is 0 Å². The zero-order valence-corrected chi connectivity index (χ0v) is 18.4. The van der Waals surface area contributed by atoms with E-state index in [9.17, 15) is 0 Å². The van der Waals surface area contributed by atoms with Crippen molar-refractivity contribution in [2.45, 2.75) is 79.1 Å². The topological polar surface area (TPSA) is 47.0 Å². The van der Waals surface area contributed by atoms with Gasteiger partial charge < -0.3 is 10.1 Å². The first-order valence-electron chi connectivity index (χ1n) is 10.9. The van der Waals surface area contributed by atoms with Gasteiger partial charge in [0, 0.05) is 18.3 Å². The van der Waals surface area contributed by atoms with E-state index >= 15 is 0 Å². The predicted octanol–water partition coefficient (Wildman–Crippen LogP) is 5.70. The molecule has 0 aliphatic rings. The van der Waals surface area contributed by atoms with Gasteiger partial charge in [-0.3, -0.25) is 0 Å². The van der Waals surface area contributed by atoms with Crippen LogP contribution in [0.4, 0.5) is 5.82 Å². The molecule has 1 N–H and O–H groups in total. The van der Waals surface area contributed by atoms with E-state index in [2.05, 4.69) is 48.2 Å². The third-order valence-electron chi connectivity index (χ3n) is 5.28. The van der Waals surface area contributed by atoms with Gasteiger partial charge in [-0.05, 0) is 74.6 Å². The molecule has 0 radical (unpaired) electrons. The molecule has 0 saturated heterocycles. The highest BCUT2D eigenvalue weighted by atomic mass is 16.5. The monoisotopic (exact) mass is 383 g/mol. The van der Waals surface area contributed by atoms with Crippen LogP contribution in [0.25, 0.3) is 0 Å². The summed E-state index contributed by atoms with van der Waals surface area (Å²) in [5.74, 6) is 2.90. The van der Waals surface area contributed by atoms with Crippen LogP contribution in [-0.2, 0) is 25.7 Å². The van der Waals surface area contributed by atoms with Crippen molar-refractivity contribution in [2.75, 3.05) is 19.0 Å². The maximum absolute atomic E-state index is 5.64. The van der Waals surface area contributed by atoms with Crippen molar-refractivity contribution >= 4 is 5.82 Å². The van der Waals surface area contributed by atoms with Crippen LogP contribution < -0.4 is 10.1 Å².